The van der Waals surface area contributed by atoms with Crippen LogP contribution in [0.2, 0.25) is 0 Å². The summed E-state index contributed by atoms with van der Waals surface area (Å²) in [7, 11) is 0. The van der Waals surface area contributed by atoms with Crippen LogP contribution in [0.25, 0.3) is 0 Å². The van der Waals surface area contributed by atoms with Crippen LogP contribution in [0, 0.1) is 0 Å². The summed E-state index contributed by atoms with van der Waals surface area (Å²) in [6.07, 6.45) is 15.8. The molecule has 21 heavy (non-hydrogen) atoms. The molecular weight excluding hydrogens is 254 g/mol. The Labute approximate surface area is 130 Å². The Bertz CT molecular complexity index is 370. The van der Waals surface area contributed by atoms with Crippen molar-refractivity contribution >= 4 is 0 Å². The second-order valence-corrected chi connectivity index (χ2v) is 7.06. The summed E-state index contributed by atoms with van der Waals surface area (Å²) in [5.74, 6) is 0. The molecule has 0 spiro atoms. The van der Waals surface area contributed by atoms with E-state index in [2.05, 4.69) is 35.2 Å². The third-order valence-corrected chi connectivity index (χ3v) is 5.59. The van der Waals surface area contributed by atoms with Crippen LogP contribution in [-0.4, -0.2) is 23.5 Å². The molecule has 3 rings (SSSR count). The van der Waals surface area contributed by atoms with Gasteiger partial charge in [0.05, 0.1) is 0 Å². The summed E-state index contributed by atoms with van der Waals surface area (Å²) in [5, 5.41) is 0. The molecule has 0 aromatic heterocycles. The van der Waals surface area contributed by atoms with Crippen LogP contribution in [0.5, 0.6) is 0 Å². The molecule has 0 aliphatic heterocycles. The van der Waals surface area contributed by atoms with E-state index in [-0.39, 0.29) is 0 Å². The lowest BCUT2D eigenvalue weighted by atomic mass is 9.88. The highest BCUT2D eigenvalue weighted by atomic mass is 15.2. The van der Waals surface area contributed by atoms with Gasteiger partial charge in [-0.3, -0.25) is 4.90 Å². The Kier molecular flexibility index (Phi) is 5.74. The van der Waals surface area contributed by atoms with Crippen molar-refractivity contribution < 1.29 is 0 Å². The van der Waals surface area contributed by atoms with Crippen LogP contribution < -0.4 is 0 Å². The van der Waals surface area contributed by atoms with E-state index in [0.717, 1.165) is 12.1 Å². The fourth-order valence-corrected chi connectivity index (χ4v) is 4.39. The van der Waals surface area contributed by atoms with Gasteiger partial charge in [-0.25, -0.2) is 0 Å². The Morgan fingerprint density at radius 2 is 1.24 bits per heavy atom. The van der Waals surface area contributed by atoms with Crippen molar-refractivity contribution in [1.29, 1.82) is 0 Å². The third kappa shape index (κ3) is 4.32. The van der Waals surface area contributed by atoms with Gasteiger partial charge >= 0.3 is 0 Å². The first-order valence-electron chi connectivity index (χ1n) is 9.23. The van der Waals surface area contributed by atoms with E-state index < -0.39 is 0 Å². The van der Waals surface area contributed by atoms with Crippen molar-refractivity contribution in [3.63, 3.8) is 0 Å². The minimum atomic E-state index is 0.880. The van der Waals surface area contributed by atoms with Gasteiger partial charge in [0.1, 0.15) is 0 Å². The Morgan fingerprint density at radius 3 is 1.76 bits per heavy atom. The molecule has 2 aliphatic carbocycles. The van der Waals surface area contributed by atoms with Crippen molar-refractivity contribution in [1.82, 2.24) is 4.90 Å². The van der Waals surface area contributed by atoms with E-state index in [1.54, 1.807) is 0 Å². The lowest BCUT2D eigenvalue weighted by molar-refractivity contribution is 0.0821. The minimum Gasteiger partial charge on any atom is -0.297 e. The lowest BCUT2D eigenvalue weighted by Crippen LogP contribution is -2.46. The monoisotopic (exact) mass is 285 g/mol. The van der Waals surface area contributed by atoms with Crippen molar-refractivity contribution in [2.45, 2.75) is 82.7 Å². The van der Waals surface area contributed by atoms with Gasteiger partial charge in [0, 0.05) is 18.6 Å². The molecular formula is C20H31N. The first-order valence-corrected chi connectivity index (χ1v) is 9.23. The van der Waals surface area contributed by atoms with Crippen molar-refractivity contribution in [2.75, 3.05) is 6.54 Å². The number of nitrogens with zero attached hydrogens (tertiary/aromatic N) is 1. The molecule has 0 heterocycles. The summed E-state index contributed by atoms with van der Waals surface area (Å²) in [6, 6.07) is 12.8. The zero-order valence-electron chi connectivity index (χ0n) is 13.5. The molecule has 0 saturated heterocycles. The zero-order valence-corrected chi connectivity index (χ0v) is 13.5. The smallest absolute Gasteiger partial charge is 0.00983 e. The van der Waals surface area contributed by atoms with Gasteiger partial charge in [-0.05, 0) is 37.7 Å². The van der Waals surface area contributed by atoms with Gasteiger partial charge in [-0.1, -0.05) is 68.9 Å². The summed E-state index contributed by atoms with van der Waals surface area (Å²) in [6.45, 7) is 1.28. The van der Waals surface area contributed by atoms with Crippen LogP contribution in [0.4, 0.5) is 0 Å². The van der Waals surface area contributed by atoms with Gasteiger partial charge in [-0.15, -0.1) is 0 Å². The molecule has 0 amide bonds. The van der Waals surface area contributed by atoms with Crippen LogP contribution in [0.3, 0.4) is 0 Å². The Hall–Kier alpha value is -0.820. The van der Waals surface area contributed by atoms with Crippen molar-refractivity contribution in [3.8, 4) is 0 Å². The molecule has 0 bridgehead atoms. The molecule has 2 fully saturated rings. The zero-order chi connectivity index (χ0) is 14.3. The topological polar surface area (TPSA) is 3.24 Å². The van der Waals surface area contributed by atoms with E-state index >= 15 is 0 Å². The first-order chi connectivity index (χ1) is 10.4. The Morgan fingerprint density at radius 1 is 0.714 bits per heavy atom. The fraction of sp³-hybridized carbons (Fsp3) is 0.700. The average Bonchev–Trinajstić information content (AvgIpc) is 2.58. The lowest BCUT2D eigenvalue weighted by Gasteiger charge is -2.41. The largest absolute Gasteiger partial charge is 0.297 e. The summed E-state index contributed by atoms with van der Waals surface area (Å²) in [4.78, 5) is 2.92. The molecule has 2 aliphatic rings. The Balaban J connectivity index is 1.62. The standard InChI is InChI=1S/C20H31N/c1-4-10-18(11-5-1)16-17-21(19-12-6-2-7-13-19)20-14-8-3-9-15-20/h1,4-5,10-11,19-20H,2-3,6-9,12-17H2. The second-order valence-electron chi connectivity index (χ2n) is 7.06. The first kappa shape index (κ1) is 15.1. The maximum atomic E-state index is 2.92. The van der Waals surface area contributed by atoms with Gasteiger partial charge in [-0.2, -0.15) is 0 Å². The maximum Gasteiger partial charge on any atom is 0.00983 e. The quantitative estimate of drug-likeness (QED) is 0.719. The summed E-state index contributed by atoms with van der Waals surface area (Å²) in [5.41, 5.74) is 1.51. The van der Waals surface area contributed by atoms with Crippen molar-refractivity contribution in [2.24, 2.45) is 0 Å². The second kappa shape index (κ2) is 7.98. The van der Waals surface area contributed by atoms with Gasteiger partial charge < -0.3 is 0 Å². The van der Waals surface area contributed by atoms with Gasteiger partial charge in [0.25, 0.3) is 0 Å². The minimum absolute atomic E-state index is 0.880. The number of hydrogen-bond acceptors (Lipinski definition) is 1. The highest BCUT2D eigenvalue weighted by Gasteiger charge is 2.28. The van der Waals surface area contributed by atoms with E-state index in [9.17, 15) is 0 Å². The molecule has 0 N–H and O–H groups in total. The fourth-order valence-electron chi connectivity index (χ4n) is 4.39. The maximum absolute atomic E-state index is 2.92. The van der Waals surface area contributed by atoms with Crippen LogP contribution >= 0.6 is 0 Å². The molecule has 116 valence electrons. The van der Waals surface area contributed by atoms with Crippen molar-refractivity contribution in [3.05, 3.63) is 35.9 Å². The predicted octanol–water partition coefficient (Wildman–Crippen LogP) is 5.20. The van der Waals surface area contributed by atoms with E-state index in [4.69, 9.17) is 0 Å². The highest BCUT2D eigenvalue weighted by Crippen LogP contribution is 2.30. The summed E-state index contributed by atoms with van der Waals surface area (Å²) >= 11 is 0. The van der Waals surface area contributed by atoms with Crippen LogP contribution in [-0.2, 0) is 6.42 Å². The molecule has 1 aromatic rings. The third-order valence-electron chi connectivity index (χ3n) is 5.59. The van der Waals surface area contributed by atoms with E-state index in [0.29, 0.717) is 0 Å². The number of hydrogen-bond donors (Lipinski definition) is 0. The summed E-state index contributed by atoms with van der Waals surface area (Å²) < 4.78 is 0. The van der Waals surface area contributed by atoms with Crippen LogP contribution in [0.1, 0.15) is 69.8 Å². The molecule has 0 radical (unpaired) electrons. The van der Waals surface area contributed by atoms with E-state index in [1.165, 1.54) is 82.7 Å². The van der Waals surface area contributed by atoms with Gasteiger partial charge in [0.15, 0.2) is 0 Å². The number of benzene rings is 1. The van der Waals surface area contributed by atoms with Gasteiger partial charge in [0.2, 0.25) is 0 Å². The predicted molar refractivity (Wildman–Crippen MR) is 90.6 cm³/mol. The van der Waals surface area contributed by atoms with E-state index in [1.807, 2.05) is 0 Å². The molecule has 0 atom stereocenters. The van der Waals surface area contributed by atoms with Crippen LogP contribution in [0.15, 0.2) is 30.3 Å². The SMILES string of the molecule is c1ccc(CCN(C2CCCCC2)C2CCCCC2)cc1. The normalized spacial score (nSPS) is 21.8. The number of rotatable bonds is 5. The molecule has 1 heteroatoms. The highest BCUT2D eigenvalue weighted by molar-refractivity contribution is 5.15. The molecule has 1 nitrogen and oxygen atoms in total. The molecule has 1 aromatic carbocycles. The molecule has 2 saturated carbocycles. The molecule has 0 unspecified atom stereocenters. The average molecular weight is 285 g/mol.